The maximum atomic E-state index is 5.12. The predicted molar refractivity (Wildman–Crippen MR) is 292 cm³/mol. The van der Waals surface area contributed by atoms with Crippen molar-refractivity contribution in [2.45, 2.75) is 27.2 Å². The van der Waals surface area contributed by atoms with Crippen molar-refractivity contribution in [3.63, 3.8) is 0 Å². The standard InChI is InChI=1S/C64H52N4/c1-6-20-45(8-3)62-66-63(52-24-13-11-14-25-52)68-64(67-62)55-41-53(40-54(42-55)61-39-38-51-23-17-18-29-60(51)65-61)47(21-7-2)26-19-22-44-30-32-48(33-31-44)49-34-36-50(37-35-49)59-43-46(9-4)56(10-5)57-27-15-12-16-28-58(57)59/h6-11,13-43H,4-5,12H2,1-3H3/b20-6-,21-7-,22-19+,45-8+,47-26+. The summed E-state index contributed by atoms with van der Waals surface area (Å²) in [5.41, 5.74) is 17.9. The molecule has 8 aromatic rings. The second-order valence-corrected chi connectivity index (χ2v) is 16.5. The third kappa shape index (κ3) is 9.67. The first kappa shape index (κ1) is 44.6. The summed E-state index contributed by atoms with van der Waals surface area (Å²) < 4.78 is 0. The Labute approximate surface area is 400 Å². The Hall–Kier alpha value is -8.60. The lowest BCUT2D eigenvalue weighted by Crippen LogP contribution is -2.03. The third-order valence-electron chi connectivity index (χ3n) is 12.1. The minimum Gasteiger partial charge on any atom is -0.248 e. The number of nitrogens with zero attached hydrogens (tertiary/aromatic N) is 4. The zero-order valence-electron chi connectivity index (χ0n) is 38.8. The molecule has 0 N–H and O–H groups in total. The van der Waals surface area contributed by atoms with Gasteiger partial charge in [0, 0.05) is 27.6 Å². The highest BCUT2D eigenvalue weighted by Gasteiger charge is 2.17. The van der Waals surface area contributed by atoms with Gasteiger partial charge in [-0.15, -0.1) is 0 Å². The number of benzene rings is 6. The van der Waals surface area contributed by atoms with E-state index in [-0.39, 0.29) is 0 Å². The first-order valence-electron chi connectivity index (χ1n) is 23.1. The van der Waals surface area contributed by atoms with E-state index >= 15 is 0 Å². The maximum Gasteiger partial charge on any atom is 0.164 e. The predicted octanol–water partition coefficient (Wildman–Crippen LogP) is 17.1. The van der Waals surface area contributed by atoms with Crippen molar-refractivity contribution < 1.29 is 0 Å². The van der Waals surface area contributed by atoms with Crippen LogP contribution in [0.15, 0.2) is 207 Å². The second kappa shape index (κ2) is 20.7. The van der Waals surface area contributed by atoms with Crippen molar-refractivity contribution in [3.8, 4) is 56.3 Å². The molecule has 4 nitrogen and oxygen atoms in total. The lowest BCUT2D eigenvalue weighted by atomic mass is 9.87. The van der Waals surface area contributed by atoms with Gasteiger partial charge in [-0.25, -0.2) is 19.9 Å². The maximum absolute atomic E-state index is 5.12. The number of rotatable bonds is 13. The second-order valence-electron chi connectivity index (χ2n) is 16.5. The lowest BCUT2D eigenvalue weighted by molar-refractivity contribution is 1.04. The Balaban J connectivity index is 1.05. The van der Waals surface area contributed by atoms with Crippen molar-refractivity contribution >= 4 is 52.4 Å². The average molecular weight is 877 g/mol. The van der Waals surface area contributed by atoms with E-state index in [0.717, 1.165) is 84.2 Å². The van der Waals surface area contributed by atoms with Crippen LogP contribution in [0, 0.1) is 0 Å². The molecule has 0 radical (unpaired) electrons. The van der Waals surface area contributed by atoms with E-state index in [4.69, 9.17) is 19.9 Å². The molecule has 0 fully saturated rings. The van der Waals surface area contributed by atoms with Gasteiger partial charge in [0.1, 0.15) is 0 Å². The molecule has 0 amide bonds. The molecule has 0 aliphatic heterocycles. The molecule has 9 rings (SSSR count). The molecule has 0 saturated carbocycles. The van der Waals surface area contributed by atoms with Crippen LogP contribution in [0.3, 0.4) is 0 Å². The molecule has 68 heavy (non-hydrogen) atoms. The number of fused-ring (bicyclic) bond motifs is 2. The Kier molecular flexibility index (Phi) is 13.6. The molecular formula is C64H52N4. The number of hydrogen-bond acceptors (Lipinski definition) is 4. The number of pyridine rings is 1. The third-order valence-corrected chi connectivity index (χ3v) is 12.1. The highest BCUT2D eigenvalue weighted by Crippen LogP contribution is 2.37. The van der Waals surface area contributed by atoms with E-state index in [9.17, 15) is 0 Å². The highest BCUT2D eigenvalue weighted by atomic mass is 15.0. The molecule has 0 bridgehead atoms. The van der Waals surface area contributed by atoms with Gasteiger partial charge in [-0.3, -0.25) is 0 Å². The topological polar surface area (TPSA) is 51.6 Å². The number of hydrogen-bond donors (Lipinski definition) is 0. The summed E-state index contributed by atoms with van der Waals surface area (Å²) >= 11 is 0. The Morgan fingerprint density at radius 1 is 0.544 bits per heavy atom. The van der Waals surface area contributed by atoms with Gasteiger partial charge in [0.25, 0.3) is 0 Å². The van der Waals surface area contributed by atoms with E-state index in [1.165, 1.54) is 22.3 Å². The zero-order valence-corrected chi connectivity index (χ0v) is 38.8. The molecule has 2 heterocycles. The van der Waals surface area contributed by atoms with Crippen LogP contribution in [0.5, 0.6) is 0 Å². The molecule has 1 aliphatic carbocycles. The summed E-state index contributed by atoms with van der Waals surface area (Å²) in [6, 6.07) is 48.8. The Morgan fingerprint density at radius 2 is 1.21 bits per heavy atom. The monoisotopic (exact) mass is 876 g/mol. The number of allylic oxidation sites excluding steroid dienone is 11. The van der Waals surface area contributed by atoms with Crippen LogP contribution < -0.4 is 0 Å². The minimum atomic E-state index is 0.583. The van der Waals surface area contributed by atoms with E-state index in [0.29, 0.717) is 17.5 Å². The minimum absolute atomic E-state index is 0.583. The van der Waals surface area contributed by atoms with E-state index in [1.54, 1.807) is 0 Å². The van der Waals surface area contributed by atoms with Crippen molar-refractivity contribution in [1.29, 1.82) is 0 Å². The van der Waals surface area contributed by atoms with E-state index in [1.807, 2.05) is 93.6 Å². The molecule has 0 unspecified atom stereocenters. The van der Waals surface area contributed by atoms with Crippen LogP contribution in [-0.4, -0.2) is 19.9 Å². The van der Waals surface area contributed by atoms with Crippen LogP contribution in [0.25, 0.3) is 109 Å². The SMILES string of the molecule is C=Cc1cc(-c2ccc(-c3ccc(/C=C/C=C(\C=C/C)c4cc(-c5ccc6ccccc6n5)cc(-c5nc(C(/C=C\C)=C/C)nc(-c6ccccc6)n5)c4)cc3)cc2)c2c(c1C=C)C=CCC=C2. The summed E-state index contributed by atoms with van der Waals surface area (Å²) in [6.07, 6.45) is 30.3. The van der Waals surface area contributed by atoms with Crippen molar-refractivity contribution in [2.24, 2.45) is 0 Å². The van der Waals surface area contributed by atoms with Gasteiger partial charge in [0.15, 0.2) is 17.5 Å². The van der Waals surface area contributed by atoms with E-state index < -0.39 is 0 Å². The molecule has 2 aromatic heterocycles. The van der Waals surface area contributed by atoms with Crippen molar-refractivity contribution in [1.82, 2.24) is 19.9 Å². The summed E-state index contributed by atoms with van der Waals surface area (Å²) in [6.45, 7) is 14.3. The van der Waals surface area contributed by atoms with Crippen LogP contribution in [-0.2, 0) is 0 Å². The fraction of sp³-hybridized carbons (Fsp3) is 0.0625. The Morgan fingerprint density at radius 3 is 1.93 bits per heavy atom. The molecule has 4 heteroatoms. The summed E-state index contributed by atoms with van der Waals surface area (Å²) in [5.74, 6) is 1.81. The van der Waals surface area contributed by atoms with Crippen molar-refractivity contribution in [3.05, 3.63) is 247 Å². The molecule has 1 aliphatic rings. The van der Waals surface area contributed by atoms with E-state index in [2.05, 4.69) is 165 Å². The first-order valence-corrected chi connectivity index (χ1v) is 23.1. The quantitative estimate of drug-likeness (QED) is 0.108. The van der Waals surface area contributed by atoms with Crippen LogP contribution in [0.4, 0.5) is 0 Å². The largest absolute Gasteiger partial charge is 0.248 e. The smallest absolute Gasteiger partial charge is 0.164 e. The van der Waals surface area contributed by atoms with Gasteiger partial charge in [0.05, 0.1) is 11.2 Å². The highest BCUT2D eigenvalue weighted by molar-refractivity contribution is 5.90. The fourth-order valence-electron chi connectivity index (χ4n) is 8.65. The van der Waals surface area contributed by atoms with Gasteiger partial charge >= 0.3 is 0 Å². The Bertz CT molecular complexity index is 3390. The number of aromatic nitrogens is 4. The van der Waals surface area contributed by atoms with Gasteiger partial charge in [0.2, 0.25) is 0 Å². The number of para-hydroxylation sites is 1. The van der Waals surface area contributed by atoms with Crippen LogP contribution >= 0.6 is 0 Å². The van der Waals surface area contributed by atoms with Gasteiger partial charge in [-0.05, 0) is 125 Å². The van der Waals surface area contributed by atoms with Crippen LogP contribution in [0.1, 0.15) is 66.4 Å². The van der Waals surface area contributed by atoms with Gasteiger partial charge in [-0.1, -0.05) is 201 Å². The average Bonchev–Trinajstić information content (AvgIpc) is 3.66. The molecule has 0 spiro atoms. The van der Waals surface area contributed by atoms with Gasteiger partial charge in [-0.2, -0.15) is 0 Å². The molecular weight excluding hydrogens is 825 g/mol. The lowest BCUT2D eigenvalue weighted by Gasteiger charge is -2.16. The molecule has 0 saturated heterocycles. The molecule has 328 valence electrons. The fourth-order valence-corrected chi connectivity index (χ4v) is 8.65. The summed E-state index contributed by atoms with van der Waals surface area (Å²) in [7, 11) is 0. The molecule has 6 aromatic carbocycles. The van der Waals surface area contributed by atoms with Crippen molar-refractivity contribution in [2.75, 3.05) is 0 Å². The summed E-state index contributed by atoms with van der Waals surface area (Å²) in [5, 5.41) is 1.09. The van der Waals surface area contributed by atoms with Gasteiger partial charge < -0.3 is 0 Å². The van der Waals surface area contributed by atoms with Crippen LogP contribution in [0.2, 0.25) is 0 Å². The zero-order chi connectivity index (χ0) is 46.8. The first-order chi connectivity index (χ1) is 33.5. The normalized spacial score (nSPS) is 12.9. The summed E-state index contributed by atoms with van der Waals surface area (Å²) in [4.78, 5) is 20.3. The molecule has 0 atom stereocenters.